The number of rotatable bonds is 9. The highest BCUT2D eigenvalue weighted by atomic mass is 19.1. The van der Waals surface area contributed by atoms with E-state index in [1.165, 1.54) is 10.6 Å². The van der Waals surface area contributed by atoms with E-state index in [2.05, 4.69) is 20.4 Å². The molecule has 2 N–H and O–H groups in total. The molecule has 1 unspecified atom stereocenters. The largest absolute Gasteiger partial charge is 0.496 e. The highest BCUT2D eigenvalue weighted by Crippen LogP contribution is 2.35. The fourth-order valence-corrected chi connectivity index (χ4v) is 8.09. The SMILES string of the molecule is COc1cc(-c2cn(C)c(=O)c3ccccc23)cc(F)c1CN1CCC(N(C)C(=O)C2CCN(c3ccc(NC4CCC(=O)NC4=O)cc3)CC2)CC1. The lowest BCUT2D eigenvalue weighted by atomic mass is 9.93. The molecule has 3 amide bonds. The Morgan fingerprint density at radius 3 is 2.32 bits per heavy atom. The van der Waals surface area contributed by atoms with E-state index in [4.69, 9.17) is 4.74 Å². The molecule has 7 rings (SSSR count). The molecule has 0 radical (unpaired) electrons. The molecular weight excluding hydrogens is 675 g/mol. The number of hydrogen-bond donors (Lipinski definition) is 2. The fourth-order valence-electron chi connectivity index (χ4n) is 8.09. The average molecular weight is 723 g/mol. The van der Waals surface area contributed by atoms with Gasteiger partial charge in [-0.25, -0.2) is 4.39 Å². The van der Waals surface area contributed by atoms with Crippen molar-refractivity contribution in [2.45, 2.75) is 57.2 Å². The summed E-state index contributed by atoms with van der Waals surface area (Å²) in [7, 11) is 5.18. The maximum absolute atomic E-state index is 15.8. The molecule has 3 aromatic carbocycles. The van der Waals surface area contributed by atoms with Gasteiger partial charge in [0.05, 0.1) is 7.11 Å². The van der Waals surface area contributed by atoms with Gasteiger partial charge < -0.3 is 24.4 Å². The summed E-state index contributed by atoms with van der Waals surface area (Å²) in [6.07, 6.45) is 5.74. The van der Waals surface area contributed by atoms with Crippen LogP contribution in [0.5, 0.6) is 5.75 Å². The summed E-state index contributed by atoms with van der Waals surface area (Å²) in [5.74, 6) is -0.230. The standard InChI is InChI=1S/C41H47FN6O5/c1-45-24-33(31-6-4-5-7-32(31)41(45)52)27-22-35(42)34(37(23-27)53-3)25-47-18-16-29(17-19-47)46(2)40(51)26-14-20-48(21-15-26)30-10-8-28(9-11-30)43-36-12-13-38(49)44-39(36)50/h4-11,22-24,26,29,36,43H,12-21,25H2,1-3H3,(H,44,49,50). The van der Waals surface area contributed by atoms with Crippen LogP contribution in [0.15, 0.2) is 71.7 Å². The lowest BCUT2D eigenvalue weighted by Gasteiger charge is -2.40. The molecule has 3 saturated heterocycles. The molecule has 53 heavy (non-hydrogen) atoms. The number of carbonyl (C=O) groups excluding carboxylic acids is 3. The van der Waals surface area contributed by atoms with Gasteiger partial charge in [0.2, 0.25) is 17.7 Å². The third-order valence-electron chi connectivity index (χ3n) is 11.3. The van der Waals surface area contributed by atoms with Gasteiger partial charge in [0.25, 0.3) is 5.56 Å². The summed E-state index contributed by atoms with van der Waals surface area (Å²) >= 11 is 0. The van der Waals surface area contributed by atoms with Crippen molar-refractivity contribution >= 4 is 39.9 Å². The first kappa shape index (κ1) is 36.1. The second kappa shape index (κ2) is 15.4. The summed E-state index contributed by atoms with van der Waals surface area (Å²) in [5, 5.41) is 6.94. The lowest BCUT2D eigenvalue weighted by Crippen LogP contribution is -2.48. The summed E-state index contributed by atoms with van der Waals surface area (Å²) in [5.41, 5.74) is 3.72. The van der Waals surface area contributed by atoms with E-state index in [0.717, 1.165) is 74.2 Å². The lowest BCUT2D eigenvalue weighted by molar-refractivity contribution is -0.138. The Morgan fingerprint density at radius 1 is 0.943 bits per heavy atom. The first-order valence-electron chi connectivity index (χ1n) is 18.5. The number of piperidine rings is 3. The smallest absolute Gasteiger partial charge is 0.258 e. The van der Waals surface area contributed by atoms with Crippen LogP contribution in [0.2, 0.25) is 0 Å². The van der Waals surface area contributed by atoms with Gasteiger partial charge in [-0.05, 0) is 85.5 Å². The normalized spacial score (nSPS) is 18.9. The van der Waals surface area contributed by atoms with Crippen molar-refractivity contribution in [2.24, 2.45) is 13.0 Å². The van der Waals surface area contributed by atoms with Crippen LogP contribution in [0.4, 0.5) is 15.8 Å². The molecule has 12 heteroatoms. The van der Waals surface area contributed by atoms with Crippen LogP contribution in [0.3, 0.4) is 0 Å². The van der Waals surface area contributed by atoms with Crippen molar-refractivity contribution in [3.8, 4) is 16.9 Å². The minimum absolute atomic E-state index is 0.0243. The van der Waals surface area contributed by atoms with Crippen LogP contribution in [0, 0.1) is 11.7 Å². The minimum Gasteiger partial charge on any atom is -0.496 e. The van der Waals surface area contributed by atoms with Crippen molar-refractivity contribution in [3.63, 3.8) is 0 Å². The number of halogens is 1. The molecule has 278 valence electrons. The Bertz CT molecular complexity index is 2070. The number of benzene rings is 3. The van der Waals surface area contributed by atoms with Gasteiger partial charge in [0.15, 0.2) is 0 Å². The summed E-state index contributed by atoms with van der Waals surface area (Å²) in [6, 6.07) is 18.4. The Labute approximate surface area is 308 Å². The van der Waals surface area contributed by atoms with Crippen LogP contribution in [0.1, 0.15) is 44.1 Å². The van der Waals surface area contributed by atoms with Crippen LogP contribution < -0.4 is 25.8 Å². The van der Waals surface area contributed by atoms with E-state index in [1.54, 1.807) is 26.4 Å². The number of likely N-dealkylation sites (tertiary alicyclic amines) is 1. The van der Waals surface area contributed by atoms with Gasteiger partial charge in [0, 0.05) is 99.3 Å². The Hall–Kier alpha value is -5.23. The number of carbonyl (C=O) groups is 3. The molecule has 4 heterocycles. The highest BCUT2D eigenvalue weighted by molar-refractivity contribution is 6.01. The number of imide groups is 1. The Morgan fingerprint density at radius 2 is 1.64 bits per heavy atom. The summed E-state index contributed by atoms with van der Waals surface area (Å²) in [4.78, 5) is 56.3. The first-order chi connectivity index (χ1) is 25.6. The summed E-state index contributed by atoms with van der Waals surface area (Å²) < 4.78 is 23.1. The van der Waals surface area contributed by atoms with Gasteiger partial charge in [-0.3, -0.25) is 29.4 Å². The van der Waals surface area contributed by atoms with Crippen LogP contribution in [0.25, 0.3) is 21.9 Å². The second-order valence-electron chi connectivity index (χ2n) is 14.6. The van der Waals surface area contributed by atoms with E-state index >= 15 is 4.39 Å². The number of methoxy groups -OCH3 is 1. The molecule has 1 aromatic heterocycles. The maximum Gasteiger partial charge on any atom is 0.258 e. The number of aromatic nitrogens is 1. The first-order valence-corrected chi connectivity index (χ1v) is 18.5. The number of pyridine rings is 1. The quantitative estimate of drug-likeness (QED) is 0.235. The van der Waals surface area contributed by atoms with E-state index < -0.39 is 6.04 Å². The average Bonchev–Trinajstić information content (AvgIpc) is 3.18. The van der Waals surface area contributed by atoms with E-state index in [9.17, 15) is 19.2 Å². The monoisotopic (exact) mass is 722 g/mol. The molecule has 3 aliphatic heterocycles. The van der Waals surface area contributed by atoms with Crippen molar-refractivity contribution < 1.29 is 23.5 Å². The van der Waals surface area contributed by atoms with E-state index in [1.807, 2.05) is 60.5 Å². The van der Waals surface area contributed by atoms with Crippen molar-refractivity contribution in [1.82, 2.24) is 19.7 Å². The number of aryl methyl sites for hydroxylation is 1. The third-order valence-corrected chi connectivity index (χ3v) is 11.3. The zero-order valence-electron chi connectivity index (χ0n) is 30.6. The number of fused-ring (bicyclic) bond motifs is 1. The third kappa shape index (κ3) is 7.64. The maximum atomic E-state index is 15.8. The highest BCUT2D eigenvalue weighted by Gasteiger charge is 2.33. The number of ether oxygens (including phenoxy) is 1. The molecule has 0 bridgehead atoms. The molecule has 0 saturated carbocycles. The number of amides is 3. The number of anilines is 2. The van der Waals surface area contributed by atoms with Crippen molar-refractivity contribution in [3.05, 3.63) is 88.6 Å². The van der Waals surface area contributed by atoms with Gasteiger partial charge in [-0.1, -0.05) is 18.2 Å². The molecule has 0 aliphatic carbocycles. The van der Waals surface area contributed by atoms with Gasteiger partial charge in [-0.15, -0.1) is 0 Å². The molecular formula is C41H47FN6O5. The van der Waals surface area contributed by atoms with Crippen molar-refractivity contribution in [1.29, 1.82) is 0 Å². The fraction of sp³-hybridized carbons (Fsp3) is 0.415. The predicted octanol–water partition coefficient (Wildman–Crippen LogP) is 4.91. The van der Waals surface area contributed by atoms with Crippen LogP contribution in [-0.4, -0.2) is 84.5 Å². The predicted molar refractivity (Wildman–Crippen MR) is 203 cm³/mol. The van der Waals surface area contributed by atoms with Gasteiger partial charge in [0.1, 0.15) is 17.6 Å². The number of hydrogen-bond acceptors (Lipinski definition) is 8. The second-order valence-corrected chi connectivity index (χ2v) is 14.6. The number of nitrogens with one attached hydrogen (secondary N) is 2. The van der Waals surface area contributed by atoms with E-state index in [0.29, 0.717) is 41.6 Å². The molecule has 3 aliphatic rings. The van der Waals surface area contributed by atoms with Gasteiger partial charge in [-0.2, -0.15) is 0 Å². The molecule has 4 aromatic rings. The molecule has 11 nitrogen and oxygen atoms in total. The zero-order chi connectivity index (χ0) is 37.2. The Kier molecular flexibility index (Phi) is 10.5. The zero-order valence-corrected chi connectivity index (χ0v) is 30.6. The Balaban J connectivity index is 0.912. The van der Waals surface area contributed by atoms with Crippen LogP contribution >= 0.6 is 0 Å². The topological polar surface area (TPSA) is 116 Å². The minimum atomic E-state index is -0.421. The van der Waals surface area contributed by atoms with E-state index in [-0.39, 0.29) is 41.1 Å². The van der Waals surface area contributed by atoms with Crippen LogP contribution in [-0.2, 0) is 28.0 Å². The molecule has 3 fully saturated rings. The van der Waals surface area contributed by atoms with Crippen molar-refractivity contribution in [2.75, 3.05) is 50.6 Å². The van der Waals surface area contributed by atoms with Gasteiger partial charge >= 0.3 is 0 Å². The molecule has 0 spiro atoms. The summed E-state index contributed by atoms with van der Waals surface area (Å²) in [6.45, 7) is 3.46. The molecule has 1 atom stereocenters. The number of nitrogens with zero attached hydrogens (tertiary/aromatic N) is 4.